The molecule has 0 saturated heterocycles. The third-order valence-corrected chi connectivity index (χ3v) is 9.47. The summed E-state index contributed by atoms with van der Waals surface area (Å²) in [5.41, 5.74) is 5.57. The van der Waals surface area contributed by atoms with Gasteiger partial charge in [0.1, 0.15) is 0 Å². The minimum atomic E-state index is -0.651. The van der Waals surface area contributed by atoms with Crippen LogP contribution in [0.15, 0.2) is 94.0 Å². The van der Waals surface area contributed by atoms with E-state index in [0.29, 0.717) is 43.1 Å². The van der Waals surface area contributed by atoms with Gasteiger partial charge in [-0.25, -0.2) is 9.79 Å². The van der Waals surface area contributed by atoms with Crippen molar-refractivity contribution in [3.05, 3.63) is 136 Å². The predicted molar refractivity (Wildman–Crippen MR) is 178 cm³/mol. The Hall–Kier alpha value is -3.91. The summed E-state index contributed by atoms with van der Waals surface area (Å²) >= 11 is 13.9. The molecular formula is C35H31Cl2N3O3S. The number of rotatable bonds is 7. The van der Waals surface area contributed by atoms with Crippen molar-refractivity contribution in [2.75, 3.05) is 6.61 Å². The Morgan fingerprint density at radius 2 is 1.84 bits per heavy atom. The Morgan fingerprint density at radius 1 is 1.09 bits per heavy atom. The lowest BCUT2D eigenvalue weighted by atomic mass is 9.93. The van der Waals surface area contributed by atoms with E-state index in [1.54, 1.807) is 24.5 Å². The van der Waals surface area contributed by atoms with Gasteiger partial charge in [0, 0.05) is 39.3 Å². The van der Waals surface area contributed by atoms with E-state index in [4.69, 9.17) is 32.9 Å². The van der Waals surface area contributed by atoms with Crippen molar-refractivity contribution in [1.29, 1.82) is 0 Å². The monoisotopic (exact) mass is 643 g/mol. The van der Waals surface area contributed by atoms with Crippen molar-refractivity contribution in [3.8, 4) is 0 Å². The Kier molecular flexibility index (Phi) is 8.38. The van der Waals surface area contributed by atoms with Crippen LogP contribution in [-0.4, -0.2) is 21.7 Å². The van der Waals surface area contributed by atoms with Crippen molar-refractivity contribution in [2.45, 2.75) is 46.2 Å². The van der Waals surface area contributed by atoms with Crippen molar-refractivity contribution in [1.82, 2.24) is 9.13 Å². The summed E-state index contributed by atoms with van der Waals surface area (Å²) in [6, 6.07) is 21.0. The van der Waals surface area contributed by atoms with Crippen LogP contribution in [-0.2, 0) is 16.1 Å². The van der Waals surface area contributed by atoms with Gasteiger partial charge < -0.3 is 9.30 Å². The van der Waals surface area contributed by atoms with E-state index in [0.717, 1.165) is 27.6 Å². The lowest BCUT2D eigenvalue weighted by Gasteiger charge is -2.25. The second kappa shape index (κ2) is 12.2. The lowest BCUT2D eigenvalue weighted by molar-refractivity contribution is -0.139. The van der Waals surface area contributed by atoms with Crippen LogP contribution in [0.2, 0.25) is 10.0 Å². The second-order valence-electron chi connectivity index (χ2n) is 11.1. The van der Waals surface area contributed by atoms with Crippen LogP contribution in [0.3, 0.4) is 0 Å². The van der Waals surface area contributed by atoms with Crippen LogP contribution >= 0.6 is 34.5 Å². The molecule has 0 N–H and O–H groups in total. The Bertz CT molecular complexity index is 2120. The third-order valence-electron chi connectivity index (χ3n) is 7.90. The number of fused-ring (bicyclic) bond motifs is 2. The van der Waals surface area contributed by atoms with E-state index in [1.807, 2.05) is 60.8 Å². The maximum absolute atomic E-state index is 14.2. The average Bonchev–Trinajstić information content (AvgIpc) is 3.50. The molecule has 0 unspecified atom stereocenters. The van der Waals surface area contributed by atoms with E-state index in [9.17, 15) is 9.59 Å². The number of hydrogen-bond acceptors (Lipinski definition) is 5. The molecule has 1 aliphatic heterocycles. The molecule has 44 heavy (non-hydrogen) atoms. The first-order valence-electron chi connectivity index (χ1n) is 14.5. The minimum Gasteiger partial charge on any atom is -0.463 e. The number of carbonyl (C=O) groups is 1. The number of hydrogen-bond donors (Lipinski definition) is 0. The van der Waals surface area contributed by atoms with Crippen molar-refractivity contribution in [3.63, 3.8) is 0 Å². The third kappa shape index (κ3) is 5.56. The van der Waals surface area contributed by atoms with E-state index in [-0.39, 0.29) is 12.2 Å². The van der Waals surface area contributed by atoms with Crippen LogP contribution in [0.25, 0.3) is 17.0 Å². The molecule has 0 aliphatic carbocycles. The molecular weight excluding hydrogens is 613 g/mol. The van der Waals surface area contributed by atoms with Gasteiger partial charge in [0.15, 0.2) is 4.80 Å². The number of thiazole rings is 1. The zero-order valence-electron chi connectivity index (χ0n) is 24.8. The van der Waals surface area contributed by atoms with Gasteiger partial charge in [0.25, 0.3) is 5.56 Å². The van der Waals surface area contributed by atoms with E-state index < -0.39 is 12.0 Å². The molecule has 0 bridgehead atoms. The molecule has 3 heterocycles. The lowest BCUT2D eigenvalue weighted by Crippen LogP contribution is -2.39. The summed E-state index contributed by atoms with van der Waals surface area (Å²) in [7, 11) is 0. The summed E-state index contributed by atoms with van der Waals surface area (Å²) in [5, 5.41) is 2.19. The normalized spacial score (nSPS) is 15.2. The van der Waals surface area contributed by atoms with E-state index in [2.05, 4.69) is 30.5 Å². The molecule has 6 rings (SSSR count). The van der Waals surface area contributed by atoms with Gasteiger partial charge in [-0.15, -0.1) is 0 Å². The van der Waals surface area contributed by atoms with Crippen molar-refractivity contribution < 1.29 is 9.53 Å². The fraction of sp³-hybridized carbons (Fsp3) is 0.229. The highest BCUT2D eigenvalue weighted by Crippen LogP contribution is 2.32. The maximum Gasteiger partial charge on any atom is 0.338 e. The fourth-order valence-corrected chi connectivity index (χ4v) is 7.17. The molecule has 224 valence electrons. The Labute approximate surface area is 269 Å². The molecule has 5 aromatic rings. The number of esters is 1. The Morgan fingerprint density at radius 3 is 2.55 bits per heavy atom. The molecule has 0 amide bonds. The van der Waals surface area contributed by atoms with Crippen LogP contribution in [0, 0.1) is 0 Å². The molecule has 3 aromatic carbocycles. The molecule has 0 spiro atoms. The molecule has 0 radical (unpaired) electrons. The number of halogens is 2. The molecule has 0 fully saturated rings. The number of carbonyl (C=O) groups excluding carboxylic acids is 1. The quantitative estimate of drug-likeness (QED) is 0.176. The zero-order chi connectivity index (χ0) is 31.1. The van der Waals surface area contributed by atoms with Crippen LogP contribution in [0.1, 0.15) is 61.9 Å². The summed E-state index contributed by atoms with van der Waals surface area (Å²) < 4.78 is 9.72. The van der Waals surface area contributed by atoms with E-state index >= 15 is 0 Å². The summed E-state index contributed by atoms with van der Waals surface area (Å²) in [6.07, 6.45) is 3.94. The van der Waals surface area contributed by atoms with Gasteiger partial charge in [0.2, 0.25) is 0 Å². The zero-order valence-corrected chi connectivity index (χ0v) is 27.1. The van der Waals surface area contributed by atoms with Crippen LogP contribution < -0.4 is 14.9 Å². The van der Waals surface area contributed by atoms with Gasteiger partial charge in [0.05, 0.1) is 28.5 Å². The summed E-state index contributed by atoms with van der Waals surface area (Å²) in [4.78, 5) is 32.7. The topological polar surface area (TPSA) is 65.6 Å². The Balaban J connectivity index is 1.50. The van der Waals surface area contributed by atoms with Crippen LogP contribution in [0.5, 0.6) is 0 Å². The minimum absolute atomic E-state index is 0.210. The largest absolute Gasteiger partial charge is 0.463 e. The number of para-hydroxylation sites is 1. The SMILES string of the molecule is CCOC(=O)C1=C(C)N=c2s/c(=C\c3cn(Cc4ccc(Cl)cc4Cl)c4ccccc34)c(=O)n2[C@H]1c1ccc(C(C)C)cc1. The van der Waals surface area contributed by atoms with Gasteiger partial charge in [-0.2, -0.15) is 0 Å². The van der Waals surface area contributed by atoms with Crippen LogP contribution in [0.4, 0.5) is 0 Å². The standard InChI is InChI=1S/C35H31Cl2N3O3S/c1-5-43-34(42)31-21(4)38-35-40(32(31)23-12-10-22(11-13-23)20(2)3)33(41)30(44-35)16-25-19-39(29-9-7-6-8-27(25)29)18-24-14-15-26(36)17-28(24)37/h6-17,19-20,32H,5,18H2,1-4H3/b30-16-/t32-/m0/s1. The number of ether oxygens (including phenoxy) is 1. The number of benzene rings is 3. The first-order valence-corrected chi connectivity index (χ1v) is 16.0. The predicted octanol–water partition coefficient (Wildman–Crippen LogP) is 7.23. The second-order valence-corrected chi connectivity index (χ2v) is 12.9. The summed E-state index contributed by atoms with van der Waals surface area (Å²) in [5.74, 6) is -0.115. The van der Waals surface area contributed by atoms with E-state index in [1.165, 1.54) is 16.9 Å². The molecule has 6 nitrogen and oxygen atoms in total. The highest BCUT2D eigenvalue weighted by molar-refractivity contribution is 7.07. The van der Waals surface area contributed by atoms with Crippen molar-refractivity contribution >= 4 is 57.5 Å². The van der Waals surface area contributed by atoms with Gasteiger partial charge in [-0.1, -0.05) is 96.9 Å². The van der Waals surface area contributed by atoms with Gasteiger partial charge in [-0.05, 0) is 60.7 Å². The molecule has 9 heteroatoms. The highest BCUT2D eigenvalue weighted by atomic mass is 35.5. The maximum atomic E-state index is 14.2. The molecule has 0 saturated carbocycles. The first-order chi connectivity index (χ1) is 21.2. The highest BCUT2D eigenvalue weighted by Gasteiger charge is 2.33. The first kappa shape index (κ1) is 30.1. The summed E-state index contributed by atoms with van der Waals surface area (Å²) in [6.45, 7) is 8.60. The molecule has 1 aliphatic rings. The smallest absolute Gasteiger partial charge is 0.338 e. The molecule has 1 atom stereocenters. The number of aromatic nitrogens is 2. The molecule has 2 aromatic heterocycles. The van der Waals surface area contributed by atoms with Gasteiger partial charge in [-0.3, -0.25) is 9.36 Å². The number of nitrogens with zero attached hydrogens (tertiary/aromatic N) is 3. The number of allylic oxidation sites excluding steroid dienone is 1. The fourth-order valence-electron chi connectivity index (χ4n) is 5.67. The van der Waals surface area contributed by atoms with Gasteiger partial charge >= 0.3 is 5.97 Å². The average molecular weight is 645 g/mol. The van der Waals surface area contributed by atoms with Crippen molar-refractivity contribution in [2.24, 2.45) is 4.99 Å².